The van der Waals surface area contributed by atoms with Crippen molar-refractivity contribution in [3.05, 3.63) is 93.2 Å². The number of hydrogen-bond acceptors (Lipinski definition) is 2. The lowest BCUT2D eigenvalue weighted by Crippen LogP contribution is -2.00. The van der Waals surface area contributed by atoms with Gasteiger partial charge in [0, 0.05) is 12.0 Å². The van der Waals surface area contributed by atoms with Crippen molar-refractivity contribution in [1.29, 1.82) is 0 Å². The van der Waals surface area contributed by atoms with E-state index in [1.54, 1.807) is 0 Å². The third kappa shape index (κ3) is 4.22. The number of ketones is 1. The number of carbonyl (C=O) groups excluding carboxylic acids is 1. The molecule has 0 aliphatic rings. The second-order valence-corrected chi connectivity index (χ2v) is 6.63. The molecule has 1 aromatic heterocycles. The molecule has 0 bridgehead atoms. The van der Waals surface area contributed by atoms with Crippen molar-refractivity contribution in [2.24, 2.45) is 0 Å². The summed E-state index contributed by atoms with van der Waals surface area (Å²) in [7, 11) is 0. The first kappa shape index (κ1) is 16.2. The zero-order chi connectivity index (χ0) is 16.8. The Morgan fingerprint density at radius 1 is 0.875 bits per heavy atom. The maximum Gasteiger partial charge on any atom is 0.177 e. The molecule has 0 spiro atoms. The topological polar surface area (TPSA) is 17.1 Å². The molecule has 118 valence electrons. The highest BCUT2D eigenvalue weighted by atomic mass is 32.1. The minimum absolute atomic E-state index is 0.145. The Morgan fingerprint density at radius 3 is 2.33 bits per heavy atom. The molecule has 0 amide bonds. The van der Waals surface area contributed by atoms with E-state index in [1.807, 2.05) is 54.6 Å². The molecular weight excluding hydrogens is 312 g/mol. The second kappa shape index (κ2) is 7.77. The summed E-state index contributed by atoms with van der Waals surface area (Å²) in [4.78, 5) is 14.0. The van der Waals surface area contributed by atoms with E-state index in [1.165, 1.54) is 16.9 Å². The molecule has 0 radical (unpaired) electrons. The first-order valence-corrected chi connectivity index (χ1v) is 8.84. The molecule has 2 aromatic carbocycles. The highest BCUT2D eigenvalue weighted by Gasteiger charge is 2.09. The van der Waals surface area contributed by atoms with Gasteiger partial charge in [-0.25, -0.2) is 0 Å². The Labute approximate surface area is 147 Å². The van der Waals surface area contributed by atoms with Crippen molar-refractivity contribution in [2.75, 3.05) is 0 Å². The summed E-state index contributed by atoms with van der Waals surface area (Å²) in [5, 5.41) is 0. The van der Waals surface area contributed by atoms with Crippen LogP contribution in [0.3, 0.4) is 0 Å². The van der Waals surface area contributed by atoms with Crippen LogP contribution < -0.4 is 0 Å². The van der Waals surface area contributed by atoms with Crippen LogP contribution in [0.5, 0.6) is 0 Å². The van der Waals surface area contributed by atoms with Gasteiger partial charge in [0.25, 0.3) is 0 Å². The first-order chi connectivity index (χ1) is 11.7. The van der Waals surface area contributed by atoms with Crippen molar-refractivity contribution >= 4 is 17.1 Å². The molecule has 1 nitrogen and oxygen atoms in total. The Kier molecular flexibility index (Phi) is 5.25. The Morgan fingerprint density at radius 2 is 1.62 bits per heavy atom. The van der Waals surface area contributed by atoms with Gasteiger partial charge < -0.3 is 0 Å². The van der Waals surface area contributed by atoms with Gasteiger partial charge in [0.2, 0.25) is 0 Å². The second-order valence-electron chi connectivity index (χ2n) is 5.55. The predicted octanol–water partition coefficient (Wildman–Crippen LogP) is 5.14. The summed E-state index contributed by atoms with van der Waals surface area (Å²) in [5.41, 5.74) is 3.35. The SMILES string of the molecule is CCc1ccc(C#Cc2ccc(C(=O)Cc3ccccc3)s2)cc1. The van der Waals surface area contributed by atoms with E-state index >= 15 is 0 Å². The molecule has 0 fully saturated rings. The highest BCUT2D eigenvalue weighted by molar-refractivity contribution is 7.14. The first-order valence-electron chi connectivity index (χ1n) is 8.02. The van der Waals surface area contributed by atoms with E-state index < -0.39 is 0 Å². The fourth-order valence-corrected chi connectivity index (χ4v) is 3.18. The standard InChI is InChI=1S/C22H18OS/c1-2-17-8-10-18(11-9-17)12-13-20-14-15-22(24-20)21(23)16-19-6-4-3-5-7-19/h3-11,14-15H,2,16H2,1H3. The van der Waals surface area contributed by atoms with E-state index in [0.29, 0.717) is 6.42 Å². The van der Waals surface area contributed by atoms with Gasteiger partial charge in [0.15, 0.2) is 5.78 Å². The average Bonchev–Trinajstić information content (AvgIpc) is 3.10. The molecule has 0 atom stereocenters. The highest BCUT2D eigenvalue weighted by Crippen LogP contribution is 2.18. The van der Waals surface area contributed by atoms with E-state index in [4.69, 9.17) is 0 Å². The van der Waals surface area contributed by atoms with Gasteiger partial charge in [-0.2, -0.15) is 0 Å². The van der Waals surface area contributed by atoms with Crippen LogP contribution >= 0.6 is 11.3 Å². The van der Waals surface area contributed by atoms with Crippen molar-refractivity contribution in [3.8, 4) is 11.8 Å². The van der Waals surface area contributed by atoms with E-state index in [0.717, 1.165) is 27.3 Å². The van der Waals surface area contributed by atoms with Crippen LogP contribution in [0.2, 0.25) is 0 Å². The van der Waals surface area contributed by atoms with Crippen molar-refractivity contribution in [2.45, 2.75) is 19.8 Å². The molecule has 24 heavy (non-hydrogen) atoms. The largest absolute Gasteiger partial charge is 0.293 e. The average molecular weight is 330 g/mol. The molecule has 0 aliphatic heterocycles. The van der Waals surface area contributed by atoms with Gasteiger partial charge in [-0.1, -0.05) is 61.2 Å². The molecular formula is C22H18OS. The summed E-state index contributed by atoms with van der Waals surface area (Å²) in [6, 6.07) is 21.9. The van der Waals surface area contributed by atoms with Crippen molar-refractivity contribution in [1.82, 2.24) is 0 Å². The Balaban J connectivity index is 1.69. The lowest BCUT2D eigenvalue weighted by Gasteiger charge is -1.97. The maximum atomic E-state index is 12.3. The number of carbonyl (C=O) groups is 1. The number of hydrogen-bond donors (Lipinski definition) is 0. The summed E-state index contributed by atoms with van der Waals surface area (Å²) in [6.07, 6.45) is 1.47. The third-order valence-corrected chi connectivity index (χ3v) is 4.82. The predicted molar refractivity (Wildman–Crippen MR) is 101 cm³/mol. The van der Waals surface area contributed by atoms with E-state index in [2.05, 4.69) is 30.9 Å². The summed E-state index contributed by atoms with van der Waals surface area (Å²) in [6.45, 7) is 2.14. The Hall–Kier alpha value is -2.63. The minimum atomic E-state index is 0.145. The van der Waals surface area contributed by atoms with Gasteiger partial charge in [0.1, 0.15) is 0 Å². The van der Waals surface area contributed by atoms with Gasteiger partial charge in [-0.15, -0.1) is 11.3 Å². The van der Waals surface area contributed by atoms with Crippen LogP contribution in [0.4, 0.5) is 0 Å². The molecule has 3 aromatic rings. The summed E-state index contributed by atoms with van der Waals surface area (Å²) < 4.78 is 0. The fraction of sp³-hybridized carbons (Fsp3) is 0.136. The number of thiophene rings is 1. The van der Waals surface area contributed by atoms with Crippen LogP contribution in [0.25, 0.3) is 0 Å². The van der Waals surface area contributed by atoms with Crippen LogP contribution in [-0.4, -0.2) is 5.78 Å². The number of rotatable bonds is 4. The molecule has 1 heterocycles. The van der Waals surface area contributed by atoms with Gasteiger partial charge in [-0.05, 0) is 41.8 Å². The quantitative estimate of drug-likeness (QED) is 0.478. The molecule has 0 saturated carbocycles. The number of aryl methyl sites for hydroxylation is 1. The molecule has 0 aliphatic carbocycles. The van der Waals surface area contributed by atoms with Crippen LogP contribution in [0, 0.1) is 11.8 Å². The zero-order valence-electron chi connectivity index (χ0n) is 13.6. The third-order valence-electron chi connectivity index (χ3n) is 3.78. The molecule has 3 rings (SSSR count). The Bertz CT molecular complexity index is 877. The lowest BCUT2D eigenvalue weighted by molar-refractivity contribution is 0.0997. The number of Topliss-reactive ketones (excluding diaryl/α,β-unsaturated/α-hetero) is 1. The summed E-state index contributed by atoms with van der Waals surface area (Å²) in [5.74, 6) is 6.46. The molecule has 0 saturated heterocycles. The van der Waals surface area contributed by atoms with Gasteiger partial charge in [0.05, 0.1) is 9.75 Å². The van der Waals surface area contributed by atoms with Crippen LogP contribution in [0.1, 0.15) is 38.2 Å². The van der Waals surface area contributed by atoms with Gasteiger partial charge in [-0.3, -0.25) is 4.79 Å². The van der Waals surface area contributed by atoms with Crippen LogP contribution in [-0.2, 0) is 12.8 Å². The molecule has 0 unspecified atom stereocenters. The smallest absolute Gasteiger partial charge is 0.177 e. The molecule has 0 N–H and O–H groups in total. The van der Waals surface area contributed by atoms with Crippen molar-refractivity contribution in [3.63, 3.8) is 0 Å². The lowest BCUT2D eigenvalue weighted by atomic mass is 10.1. The van der Waals surface area contributed by atoms with E-state index in [9.17, 15) is 4.79 Å². The zero-order valence-corrected chi connectivity index (χ0v) is 14.4. The normalized spacial score (nSPS) is 10.0. The van der Waals surface area contributed by atoms with Crippen LogP contribution in [0.15, 0.2) is 66.7 Å². The summed E-state index contributed by atoms with van der Waals surface area (Å²) >= 11 is 1.46. The van der Waals surface area contributed by atoms with Gasteiger partial charge >= 0.3 is 0 Å². The van der Waals surface area contributed by atoms with Crippen molar-refractivity contribution < 1.29 is 4.79 Å². The molecule has 2 heteroatoms. The number of benzene rings is 2. The maximum absolute atomic E-state index is 12.3. The monoisotopic (exact) mass is 330 g/mol. The fourth-order valence-electron chi connectivity index (χ4n) is 2.38. The minimum Gasteiger partial charge on any atom is -0.293 e. The van der Waals surface area contributed by atoms with E-state index in [-0.39, 0.29) is 5.78 Å².